The molecule has 0 radical (unpaired) electrons. The summed E-state index contributed by atoms with van der Waals surface area (Å²) in [7, 11) is 0. The molecule has 2 saturated carbocycles. The molecule has 4 heteroatoms. The lowest BCUT2D eigenvalue weighted by molar-refractivity contribution is -0.160. The van der Waals surface area contributed by atoms with E-state index in [2.05, 4.69) is 5.32 Å². The van der Waals surface area contributed by atoms with Crippen molar-refractivity contribution >= 4 is 17.9 Å². The van der Waals surface area contributed by atoms with Crippen molar-refractivity contribution < 1.29 is 9.59 Å². The first-order valence-electron chi connectivity index (χ1n) is 10.1. The van der Waals surface area contributed by atoms with Crippen LogP contribution in [0.4, 0.5) is 0 Å². The average Bonchev–Trinajstić information content (AvgIpc) is 3.11. The average molecular weight is 352 g/mol. The normalized spacial score (nSPS) is 27.2. The third-order valence-corrected chi connectivity index (χ3v) is 6.20. The van der Waals surface area contributed by atoms with Gasteiger partial charge in [-0.05, 0) is 31.2 Å². The number of amides is 2. The highest BCUT2D eigenvalue weighted by atomic mass is 16.2. The van der Waals surface area contributed by atoms with Gasteiger partial charge >= 0.3 is 0 Å². The first kappa shape index (κ1) is 17.3. The Morgan fingerprint density at radius 1 is 1.04 bits per heavy atom. The van der Waals surface area contributed by atoms with E-state index in [1.807, 2.05) is 47.4 Å². The summed E-state index contributed by atoms with van der Waals surface area (Å²) < 4.78 is 0. The van der Waals surface area contributed by atoms with Crippen LogP contribution in [0.25, 0.3) is 6.08 Å². The summed E-state index contributed by atoms with van der Waals surface area (Å²) in [6, 6.07) is 10.0. The molecule has 1 aromatic rings. The van der Waals surface area contributed by atoms with Gasteiger partial charge in [-0.15, -0.1) is 0 Å². The van der Waals surface area contributed by atoms with Crippen molar-refractivity contribution in [1.29, 1.82) is 0 Å². The third-order valence-electron chi connectivity index (χ3n) is 6.20. The minimum absolute atomic E-state index is 0.0113. The molecule has 4 rings (SSSR count). The number of hydrogen-bond acceptors (Lipinski definition) is 2. The Morgan fingerprint density at radius 3 is 2.58 bits per heavy atom. The summed E-state index contributed by atoms with van der Waals surface area (Å²) >= 11 is 0. The fraction of sp³-hybridized carbons (Fsp3) is 0.545. The van der Waals surface area contributed by atoms with Gasteiger partial charge in [-0.1, -0.05) is 68.2 Å². The highest BCUT2D eigenvalue weighted by Gasteiger charge is 2.53. The number of benzene rings is 1. The molecule has 3 atom stereocenters. The summed E-state index contributed by atoms with van der Waals surface area (Å²) in [5.74, 6) is 0.307. The summed E-state index contributed by atoms with van der Waals surface area (Å²) in [5, 5.41) is 3.22. The highest BCUT2D eigenvalue weighted by Crippen LogP contribution is 2.41. The molecule has 3 fully saturated rings. The lowest BCUT2D eigenvalue weighted by Gasteiger charge is -2.47. The largest absolute Gasteiger partial charge is 0.351 e. The van der Waals surface area contributed by atoms with Crippen LogP contribution in [0.1, 0.15) is 56.9 Å². The number of carbonyl (C=O) groups is 2. The van der Waals surface area contributed by atoms with E-state index in [-0.39, 0.29) is 29.8 Å². The Bertz CT molecular complexity index is 679. The molecule has 1 unspecified atom stereocenters. The molecular formula is C22H28N2O2. The van der Waals surface area contributed by atoms with Crippen LogP contribution in [0.5, 0.6) is 0 Å². The maximum atomic E-state index is 13.0. The zero-order valence-electron chi connectivity index (χ0n) is 15.3. The van der Waals surface area contributed by atoms with Gasteiger partial charge in [0.15, 0.2) is 0 Å². The second kappa shape index (κ2) is 7.65. The molecule has 0 spiro atoms. The predicted molar refractivity (Wildman–Crippen MR) is 102 cm³/mol. The second-order valence-electron chi connectivity index (χ2n) is 7.91. The number of nitrogens with zero attached hydrogens (tertiary/aromatic N) is 1. The summed E-state index contributed by atoms with van der Waals surface area (Å²) in [6.45, 7) is 0. The maximum absolute atomic E-state index is 13.0. The summed E-state index contributed by atoms with van der Waals surface area (Å²) in [6.07, 6.45) is 12.7. The monoisotopic (exact) mass is 352 g/mol. The van der Waals surface area contributed by atoms with Gasteiger partial charge in [-0.3, -0.25) is 9.59 Å². The van der Waals surface area contributed by atoms with Crippen molar-refractivity contribution in [3.8, 4) is 0 Å². The minimum atomic E-state index is -0.482. The quantitative estimate of drug-likeness (QED) is 0.824. The number of carbonyl (C=O) groups excluding carboxylic acids is 2. The van der Waals surface area contributed by atoms with Crippen molar-refractivity contribution in [2.45, 2.75) is 69.5 Å². The van der Waals surface area contributed by atoms with Crippen molar-refractivity contribution in [2.75, 3.05) is 0 Å². The molecular weight excluding hydrogens is 324 g/mol. The van der Waals surface area contributed by atoms with Crippen LogP contribution in [-0.4, -0.2) is 34.8 Å². The molecule has 1 aliphatic heterocycles. The van der Waals surface area contributed by atoms with E-state index in [1.165, 1.54) is 19.3 Å². The smallest absolute Gasteiger partial charge is 0.247 e. The first-order valence-corrected chi connectivity index (χ1v) is 10.1. The van der Waals surface area contributed by atoms with Crippen molar-refractivity contribution in [2.24, 2.45) is 5.92 Å². The van der Waals surface area contributed by atoms with E-state index < -0.39 is 6.04 Å². The minimum Gasteiger partial charge on any atom is -0.351 e. The van der Waals surface area contributed by atoms with Gasteiger partial charge in [0.05, 0.1) is 5.92 Å². The molecule has 0 aromatic heterocycles. The SMILES string of the molecule is O=C(NC1CCCCC1)C(/C=C/c1ccccc1)N1C(=O)[C@@H]2CCC[C@@H]21. The second-order valence-corrected chi connectivity index (χ2v) is 7.91. The highest BCUT2D eigenvalue weighted by molar-refractivity contribution is 5.95. The molecule has 26 heavy (non-hydrogen) atoms. The van der Waals surface area contributed by atoms with E-state index in [9.17, 15) is 9.59 Å². The van der Waals surface area contributed by atoms with Crippen LogP contribution < -0.4 is 5.32 Å². The lowest BCUT2D eigenvalue weighted by atomic mass is 9.87. The molecule has 4 nitrogen and oxygen atoms in total. The summed E-state index contributed by atoms with van der Waals surface area (Å²) in [5.41, 5.74) is 1.05. The molecule has 1 aromatic carbocycles. The lowest BCUT2D eigenvalue weighted by Crippen LogP contribution is -2.65. The molecule has 0 bridgehead atoms. The van der Waals surface area contributed by atoms with Crippen LogP contribution in [0, 0.1) is 5.92 Å². The van der Waals surface area contributed by atoms with Gasteiger partial charge < -0.3 is 10.2 Å². The standard InChI is InChI=1S/C22H28N2O2/c25-21(23-17-10-5-2-6-11-17)20(15-14-16-8-3-1-4-9-16)24-19-13-7-12-18(19)22(24)26/h1,3-4,8-9,14-15,17-20H,2,5-7,10-13H2,(H,23,25)/b15-14+/t18-,19+,20?/m1/s1. The zero-order valence-corrected chi connectivity index (χ0v) is 15.3. The first-order chi connectivity index (χ1) is 12.7. The van der Waals surface area contributed by atoms with E-state index in [4.69, 9.17) is 0 Å². The zero-order chi connectivity index (χ0) is 17.9. The van der Waals surface area contributed by atoms with E-state index >= 15 is 0 Å². The number of rotatable bonds is 5. The number of nitrogens with one attached hydrogen (secondary N) is 1. The van der Waals surface area contributed by atoms with Crippen LogP contribution in [0.15, 0.2) is 36.4 Å². The molecule has 1 saturated heterocycles. The van der Waals surface area contributed by atoms with Crippen molar-refractivity contribution in [3.05, 3.63) is 42.0 Å². The maximum Gasteiger partial charge on any atom is 0.247 e. The number of fused-ring (bicyclic) bond motifs is 1. The Balaban J connectivity index is 1.51. The number of hydrogen-bond donors (Lipinski definition) is 1. The molecule has 1 N–H and O–H groups in total. The molecule has 2 amide bonds. The summed E-state index contributed by atoms with van der Waals surface area (Å²) in [4.78, 5) is 27.5. The van der Waals surface area contributed by atoms with Crippen molar-refractivity contribution in [3.63, 3.8) is 0 Å². The Morgan fingerprint density at radius 2 is 1.81 bits per heavy atom. The predicted octanol–water partition coefficient (Wildman–Crippen LogP) is 3.53. The van der Waals surface area contributed by atoms with Gasteiger partial charge in [0.25, 0.3) is 0 Å². The Kier molecular flexibility index (Phi) is 5.09. The molecule has 138 valence electrons. The fourth-order valence-corrected chi connectivity index (χ4v) is 4.78. The van der Waals surface area contributed by atoms with Gasteiger partial charge in [0.2, 0.25) is 11.8 Å². The Hall–Kier alpha value is -2.10. The van der Waals surface area contributed by atoms with Gasteiger partial charge in [-0.25, -0.2) is 0 Å². The van der Waals surface area contributed by atoms with Gasteiger partial charge in [0.1, 0.15) is 6.04 Å². The van der Waals surface area contributed by atoms with E-state index in [0.717, 1.165) is 37.7 Å². The van der Waals surface area contributed by atoms with Crippen molar-refractivity contribution in [1.82, 2.24) is 10.2 Å². The fourth-order valence-electron chi connectivity index (χ4n) is 4.78. The van der Waals surface area contributed by atoms with Gasteiger partial charge in [-0.2, -0.15) is 0 Å². The van der Waals surface area contributed by atoms with Gasteiger partial charge in [0, 0.05) is 12.1 Å². The topological polar surface area (TPSA) is 49.4 Å². The van der Waals surface area contributed by atoms with Crippen LogP contribution in [0.3, 0.4) is 0 Å². The molecule has 3 aliphatic rings. The van der Waals surface area contributed by atoms with E-state index in [1.54, 1.807) is 0 Å². The third kappa shape index (κ3) is 3.42. The van der Waals surface area contributed by atoms with E-state index in [0.29, 0.717) is 0 Å². The molecule has 2 aliphatic carbocycles. The van der Waals surface area contributed by atoms with Crippen LogP contribution in [0.2, 0.25) is 0 Å². The van der Waals surface area contributed by atoms with Crippen LogP contribution in [-0.2, 0) is 9.59 Å². The number of likely N-dealkylation sites (tertiary alicyclic amines) is 1. The Labute approximate surface area is 155 Å². The van der Waals surface area contributed by atoms with Crippen LogP contribution >= 0.6 is 0 Å². The molecule has 1 heterocycles. The number of β-lactam (4-membered cyclic amide) rings is 1.